The summed E-state index contributed by atoms with van der Waals surface area (Å²) in [7, 11) is 0. The van der Waals surface area contributed by atoms with E-state index in [2.05, 4.69) is 4.98 Å². The third-order valence-corrected chi connectivity index (χ3v) is 7.24. The number of aromatic nitrogens is 1. The molecule has 3 aromatic carbocycles. The van der Waals surface area contributed by atoms with Gasteiger partial charge in [-0.1, -0.05) is 23.7 Å². The smallest absolute Gasteiger partial charge is 0.416 e. The second kappa shape index (κ2) is 10.1. The van der Waals surface area contributed by atoms with Crippen LogP contribution in [0.15, 0.2) is 66.7 Å². The Labute approximate surface area is 218 Å². The molecule has 1 aromatic heterocycles. The molecule has 1 N–H and O–H groups in total. The third kappa shape index (κ3) is 4.89. The molecule has 190 valence electrons. The van der Waals surface area contributed by atoms with E-state index in [1.165, 1.54) is 24.3 Å². The number of amides is 1. The maximum Gasteiger partial charge on any atom is 0.416 e. The van der Waals surface area contributed by atoms with Crippen LogP contribution in [-0.2, 0) is 11.2 Å². The lowest BCUT2D eigenvalue weighted by molar-refractivity contribution is 0.0255. The van der Waals surface area contributed by atoms with Gasteiger partial charge in [-0.25, -0.2) is 9.18 Å². The Balaban J connectivity index is 1.34. The molecule has 0 bridgehead atoms. The molecule has 0 radical (unpaired) electrons. The summed E-state index contributed by atoms with van der Waals surface area (Å²) >= 11 is 6.30. The van der Waals surface area contributed by atoms with Crippen molar-refractivity contribution >= 4 is 28.6 Å². The fourth-order valence-electron chi connectivity index (χ4n) is 5.18. The van der Waals surface area contributed by atoms with Gasteiger partial charge in [0.25, 0.3) is 0 Å². The first-order valence-corrected chi connectivity index (χ1v) is 12.8. The first-order chi connectivity index (χ1) is 18.0. The maximum absolute atomic E-state index is 13.4. The topological polar surface area (TPSA) is 63.8 Å². The van der Waals surface area contributed by atoms with E-state index in [-0.39, 0.29) is 11.9 Å². The molecule has 4 aromatic rings. The predicted molar refractivity (Wildman–Crippen MR) is 139 cm³/mol. The molecule has 1 fully saturated rings. The Hall–Kier alpha value is -3.55. The largest absolute Gasteiger partial charge is 0.490 e. The van der Waals surface area contributed by atoms with Crippen molar-refractivity contribution in [2.24, 2.45) is 0 Å². The zero-order valence-electron chi connectivity index (χ0n) is 20.1. The Kier molecular flexibility index (Phi) is 6.49. The highest BCUT2D eigenvalue weighted by molar-refractivity contribution is 6.31. The quantitative estimate of drug-likeness (QED) is 0.326. The van der Waals surface area contributed by atoms with E-state index in [1.807, 2.05) is 42.5 Å². The van der Waals surface area contributed by atoms with E-state index in [9.17, 15) is 9.18 Å². The Morgan fingerprint density at radius 3 is 2.49 bits per heavy atom. The summed E-state index contributed by atoms with van der Waals surface area (Å²) in [5, 5.41) is 1.72. The first kappa shape index (κ1) is 23.8. The van der Waals surface area contributed by atoms with Crippen LogP contribution in [-0.4, -0.2) is 41.8 Å². The number of rotatable bonds is 4. The summed E-state index contributed by atoms with van der Waals surface area (Å²) in [5.41, 5.74) is 3.95. The molecule has 37 heavy (non-hydrogen) atoms. The molecule has 1 atom stereocenters. The van der Waals surface area contributed by atoms with Crippen LogP contribution in [0.2, 0.25) is 5.02 Å². The molecular weight excluding hydrogens is 495 g/mol. The lowest BCUT2D eigenvalue weighted by atomic mass is 9.92. The van der Waals surface area contributed by atoms with Gasteiger partial charge >= 0.3 is 6.09 Å². The van der Waals surface area contributed by atoms with E-state index >= 15 is 0 Å². The van der Waals surface area contributed by atoms with Gasteiger partial charge in [0.1, 0.15) is 29.5 Å². The monoisotopic (exact) mass is 520 g/mol. The first-order valence-electron chi connectivity index (χ1n) is 12.4. The van der Waals surface area contributed by atoms with E-state index in [4.69, 9.17) is 25.8 Å². The molecule has 1 saturated heterocycles. The van der Waals surface area contributed by atoms with Crippen LogP contribution < -0.4 is 9.47 Å². The van der Waals surface area contributed by atoms with Crippen LogP contribution in [0.4, 0.5) is 9.18 Å². The second-order valence-electron chi connectivity index (χ2n) is 9.37. The van der Waals surface area contributed by atoms with Crippen molar-refractivity contribution < 1.29 is 23.4 Å². The van der Waals surface area contributed by atoms with E-state index in [1.54, 1.807) is 4.90 Å². The molecule has 6 nitrogen and oxygen atoms in total. The fraction of sp³-hybridized carbons (Fsp3) is 0.276. The highest BCUT2D eigenvalue weighted by atomic mass is 35.5. The van der Waals surface area contributed by atoms with E-state index in [0.29, 0.717) is 37.0 Å². The van der Waals surface area contributed by atoms with Crippen molar-refractivity contribution in [2.75, 3.05) is 19.8 Å². The zero-order chi connectivity index (χ0) is 25.4. The van der Waals surface area contributed by atoms with Gasteiger partial charge in [0.2, 0.25) is 0 Å². The van der Waals surface area contributed by atoms with Crippen molar-refractivity contribution in [3.63, 3.8) is 0 Å². The standard InChI is InChI=1S/C29H26ClFN2O4/c30-19-3-10-26-25(17-19)24-11-14-33(29(34)37-22-8-4-20(31)5-9-22)28(27(24)32-26)18-1-6-21(7-2-18)36-23-12-15-35-16-13-23/h1-10,17,23,28,32H,11-16H2. The van der Waals surface area contributed by atoms with Gasteiger partial charge in [0, 0.05) is 41.0 Å². The summed E-state index contributed by atoms with van der Waals surface area (Å²) in [5.74, 6) is 0.690. The molecule has 6 rings (SSSR count). The number of ether oxygens (including phenoxy) is 3. The molecule has 0 aliphatic carbocycles. The minimum Gasteiger partial charge on any atom is -0.490 e. The van der Waals surface area contributed by atoms with Crippen molar-refractivity contribution in [1.29, 1.82) is 0 Å². The molecule has 2 aliphatic rings. The van der Waals surface area contributed by atoms with Gasteiger partial charge in [-0.2, -0.15) is 0 Å². The van der Waals surface area contributed by atoms with Gasteiger partial charge in [0.05, 0.1) is 13.2 Å². The number of hydrogen-bond donors (Lipinski definition) is 1. The molecular formula is C29H26ClFN2O4. The van der Waals surface area contributed by atoms with Gasteiger partial charge < -0.3 is 19.2 Å². The SMILES string of the molecule is O=C(Oc1ccc(F)cc1)N1CCc2c([nH]c3ccc(Cl)cc23)C1c1ccc(OC2CCOCC2)cc1. The van der Waals surface area contributed by atoms with Crippen LogP contribution in [0.25, 0.3) is 10.9 Å². The number of nitrogens with one attached hydrogen (secondary N) is 1. The van der Waals surface area contributed by atoms with Crippen LogP contribution in [0.1, 0.15) is 35.7 Å². The summed E-state index contributed by atoms with van der Waals surface area (Å²) < 4.78 is 30.6. The lowest BCUT2D eigenvalue weighted by Crippen LogP contribution is -2.42. The minimum absolute atomic E-state index is 0.140. The number of benzene rings is 3. The van der Waals surface area contributed by atoms with Crippen LogP contribution in [0.5, 0.6) is 11.5 Å². The maximum atomic E-state index is 13.4. The zero-order valence-corrected chi connectivity index (χ0v) is 20.8. The Morgan fingerprint density at radius 2 is 1.73 bits per heavy atom. The van der Waals surface area contributed by atoms with E-state index < -0.39 is 12.1 Å². The number of nitrogens with zero attached hydrogens (tertiary/aromatic N) is 1. The Morgan fingerprint density at radius 1 is 1.00 bits per heavy atom. The minimum atomic E-state index is -0.499. The highest BCUT2D eigenvalue weighted by Gasteiger charge is 2.36. The molecule has 1 amide bonds. The normalized spacial score (nSPS) is 18.0. The average Bonchev–Trinajstić information content (AvgIpc) is 3.28. The number of halogens is 2. The van der Waals surface area contributed by atoms with Crippen molar-refractivity contribution in [3.8, 4) is 11.5 Å². The second-order valence-corrected chi connectivity index (χ2v) is 9.81. The third-order valence-electron chi connectivity index (χ3n) is 7.01. The molecule has 0 spiro atoms. The van der Waals surface area contributed by atoms with Crippen LogP contribution in [0.3, 0.4) is 0 Å². The Bertz CT molecular complexity index is 1410. The molecule has 8 heteroatoms. The number of fused-ring (bicyclic) bond motifs is 3. The summed E-state index contributed by atoms with van der Waals surface area (Å²) in [6.45, 7) is 1.88. The molecule has 3 heterocycles. The lowest BCUT2D eigenvalue weighted by Gasteiger charge is -2.35. The van der Waals surface area contributed by atoms with Gasteiger partial charge in [-0.15, -0.1) is 0 Å². The molecule has 0 saturated carbocycles. The van der Waals surface area contributed by atoms with Gasteiger partial charge in [-0.3, -0.25) is 4.90 Å². The van der Waals surface area contributed by atoms with Crippen LogP contribution >= 0.6 is 11.6 Å². The van der Waals surface area contributed by atoms with Gasteiger partial charge in [-0.05, 0) is 72.1 Å². The van der Waals surface area contributed by atoms with Crippen LogP contribution in [0, 0.1) is 5.82 Å². The number of H-pyrrole nitrogens is 1. The van der Waals surface area contributed by atoms with Crippen molar-refractivity contribution in [3.05, 3.63) is 94.4 Å². The average molecular weight is 521 g/mol. The number of hydrogen-bond acceptors (Lipinski definition) is 4. The highest BCUT2D eigenvalue weighted by Crippen LogP contribution is 2.40. The van der Waals surface area contributed by atoms with Gasteiger partial charge in [0.15, 0.2) is 0 Å². The molecule has 2 aliphatic heterocycles. The number of carbonyl (C=O) groups is 1. The van der Waals surface area contributed by atoms with Crippen molar-refractivity contribution in [2.45, 2.75) is 31.4 Å². The summed E-state index contributed by atoms with van der Waals surface area (Å²) in [6, 6.07) is 18.7. The fourth-order valence-corrected chi connectivity index (χ4v) is 5.35. The van der Waals surface area contributed by atoms with Crippen molar-refractivity contribution in [1.82, 2.24) is 9.88 Å². The predicted octanol–water partition coefficient (Wildman–Crippen LogP) is 6.66. The molecule has 1 unspecified atom stereocenters. The number of carbonyl (C=O) groups excluding carboxylic acids is 1. The summed E-state index contributed by atoms with van der Waals surface area (Å²) in [4.78, 5) is 18.6. The van der Waals surface area contributed by atoms with E-state index in [0.717, 1.165) is 46.3 Å². The summed E-state index contributed by atoms with van der Waals surface area (Å²) in [6.07, 6.45) is 2.03. The number of aromatic amines is 1.